The molecule has 0 saturated heterocycles. The van der Waals surface area contributed by atoms with E-state index >= 15 is 0 Å². The number of hydrogen-bond acceptors (Lipinski definition) is 4. The van der Waals surface area contributed by atoms with Gasteiger partial charge in [-0.2, -0.15) is 0 Å². The minimum absolute atomic E-state index is 0.754. The molecule has 1 rings (SSSR count). The third-order valence-corrected chi connectivity index (χ3v) is 2.94. The topological polar surface area (TPSA) is 37.4 Å². The Morgan fingerprint density at radius 3 is 2.79 bits per heavy atom. The van der Waals surface area contributed by atoms with Crippen molar-refractivity contribution >= 4 is 5.82 Å². The number of hydrogen-bond donors (Lipinski definition) is 1. The largest absolute Gasteiger partial charge is 0.380 e. The van der Waals surface area contributed by atoms with Crippen LogP contribution in [0.3, 0.4) is 0 Å². The quantitative estimate of drug-likeness (QED) is 0.659. The zero-order chi connectivity index (χ0) is 13.9. The van der Waals surface area contributed by atoms with E-state index in [1.54, 1.807) is 0 Å². The van der Waals surface area contributed by atoms with Gasteiger partial charge < -0.3 is 15.0 Å². The van der Waals surface area contributed by atoms with Crippen molar-refractivity contribution in [2.75, 3.05) is 37.7 Å². The van der Waals surface area contributed by atoms with Gasteiger partial charge in [-0.25, -0.2) is 4.98 Å². The zero-order valence-electron chi connectivity index (χ0n) is 12.5. The SMILES string of the molecule is CCCNCc1cccc(N(CC)CCOCC)n1. The Kier molecular flexibility index (Phi) is 8.18. The zero-order valence-corrected chi connectivity index (χ0v) is 12.5. The van der Waals surface area contributed by atoms with Crippen LogP contribution in [0.5, 0.6) is 0 Å². The highest BCUT2D eigenvalue weighted by Crippen LogP contribution is 2.11. The van der Waals surface area contributed by atoms with Gasteiger partial charge in [0.25, 0.3) is 0 Å². The molecule has 1 heterocycles. The molecule has 108 valence electrons. The molecule has 1 aromatic rings. The van der Waals surface area contributed by atoms with Gasteiger partial charge in [-0.1, -0.05) is 13.0 Å². The highest BCUT2D eigenvalue weighted by Gasteiger charge is 2.06. The predicted octanol–water partition coefficient (Wildman–Crippen LogP) is 2.44. The van der Waals surface area contributed by atoms with Crippen LogP contribution in [-0.4, -0.2) is 37.8 Å². The standard InChI is InChI=1S/C15H27N3O/c1-4-10-16-13-14-8-7-9-15(17-14)18(5-2)11-12-19-6-3/h7-9,16H,4-6,10-13H2,1-3H3. The van der Waals surface area contributed by atoms with Crippen LogP contribution in [0.4, 0.5) is 5.82 Å². The van der Waals surface area contributed by atoms with E-state index in [9.17, 15) is 0 Å². The number of nitrogens with zero attached hydrogens (tertiary/aromatic N) is 2. The van der Waals surface area contributed by atoms with E-state index in [2.05, 4.69) is 42.3 Å². The molecule has 0 fully saturated rings. The van der Waals surface area contributed by atoms with Crippen LogP contribution in [-0.2, 0) is 11.3 Å². The van der Waals surface area contributed by atoms with Gasteiger partial charge in [0.1, 0.15) is 5.82 Å². The molecule has 1 aromatic heterocycles. The maximum atomic E-state index is 5.42. The fourth-order valence-electron chi connectivity index (χ4n) is 1.89. The Labute approximate surface area is 117 Å². The number of ether oxygens (including phenoxy) is 1. The number of likely N-dealkylation sites (N-methyl/N-ethyl adjacent to an activating group) is 1. The van der Waals surface area contributed by atoms with Gasteiger partial charge in [0.15, 0.2) is 0 Å². The summed E-state index contributed by atoms with van der Waals surface area (Å²) in [7, 11) is 0. The van der Waals surface area contributed by atoms with Gasteiger partial charge in [0.05, 0.1) is 12.3 Å². The summed E-state index contributed by atoms with van der Waals surface area (Å²) in [5.74, 6) is 1.04. The second kappa shape index (κ2) is 9.75. The summed E-state index contributed by atoms with van der Waals surface area (Å²) in [4.78, 5) is 6.95. The molecular weight excluding hydrogens is 238 g/mol. The fourth-order valence-corrected chi connectivity index (χ4v) is 1.89. The van der Waals surface area contributed by atoms with E-state index in [4.69, 9.17) is 9.72 Å². The van der Waals surface area contributed by atoms with Crippen LogP contribution in [0, 0.1) is 0 Å². The van der Waals surface area contributed by atoms with Gasteiger partial charge in [0.2, 0.25) is 0 Å². The lowest BCUT2D eigenvalue weighted by Crippen LogP contribution is -2.28. The molecule has 19 heavy (non-hydrogen) atoms. The Bertz CT molecular complexity index is 344. The van der Waals surface area contributed by atoms with E-state index in [0.717, 1.165) is 57.3 Å². The van der Waals surface area contributed by atoms with Gasteiger partial charge in [-0.05, 0) is 38.9 Å². The van der Waals surface area contributed by atoms with E-state index in [1.807, 2.05) is 6.92 Å². The molecule has 0 spiro atoms. The van der Waals surface area contributed by atoms with Crippen LogP contribution in [0.1, 0.15) is 32.9 Å². The summed E-state index contributed by atoms with van der Waals surface area (Å²) < 4.78 is 5.42. The van der Waals surface area contributed by atoms with Crippen LogP contribution >= 0.6 is 0 Å². The second-order valence-corrected chi connectivity index (χ2v) is 4.44. The third-order valence-electron chi connectivity index (χ3n) is 2.94. The molecule has 1 N–H and O–H groups in total. The number of aromatic nitrogens is 1. The minimum atomic E-state index is 0.754. The smallest absolute Gasteiger partial charge is 0.128 e. The monoisotopic (exact) mass is 265 g/mol. The Hall–Kier alpha value is -1.13. The highest BCUT2D eigenvalue weighted by molar-refractivity contribution is 5.39. The van der Waals surface area contributed by atoms with E-state index in [0.29, 0.717) is 0 Å². The van der Waals surface area contributed by atoms with Gasteiger partial charge in [0, 0.05) is 26.2 Å². The first-order valence-corrected chi connectivity index (χ1v) is 7.31. The van der Waals surface area contributed by atoms with E-state index in [1.165, 1.54) is 0 Å². The van der Waals surface area contributed by atoms with Crippen molar-refractivity contribution in [1.82, 2.24) is 10.3 Å². The molecule has 0 amide bonds. The highest BCUT2D eigenvalue weighted by atomic mass is 16.5. The molecule has 4 heteroatoms. The van der Waals surface area contributed by atoms with Crippen LogP contribution in [0.15, 0.2) is 18.2 Å². The Morgan fingerprint density at radius 1 is 1.26 bits per heavy atom. The number of rotatable bonds is 10. The van der Waals surface area contributed by atoms with Crippen molar-refractivity contribution in [2.24, 2.45) is 0 Å². The Morgan fingerprint density at radius 2 is 2.11 bits per heavy atom. The Balaban J connectivity index is 2.56. The molecule has 0 bridgehead atoms. The predicted molar refractivity (Wildman–Crippen MR) is 80.6 cm³/mol. The van der Waals surface area contributed by atoms with Crippen molar-refractivity contribution < 1.29 is 4.74 Å². The first-order valence-electron chi connectivity index (χ1n) is 7.31. The van der Waals surface area contributed by atoms with Crippen molar-refractivity contribution in [3.63, 3.8) is 0 Å². The van der Waals surface area contributed by atoms with E-state index < -0.39 is 0 Å². The molecule has 0 aliphatic rings. The summed E-state index contributed by atoms with van der Waals surface area (Å²) in [5.41, 5.74) is 1.10. The van der Waals surface area contributed by atoms with Crippen molar-refractivity contribution in [2.45, 2.75) is 33.7 Å². The maximum Gasteiger partial charge on any atom is 0.128 e. The summed E-state index contributed by atoms with van der Waals surface area (Å²) in [6.07, 6.45) is 1.15. The molecule has 0 saturated carbocycles. The molecule has 0 radical (unpaired) electrons. The minimum Gasteiger partial charge on any atom is -0.380 e. The lowest BCUT2D eigenvalue weighted by molar-refractivity contribution is 0.154. The first kappa shape index (κ1) is 15.9. The van der Waals surface area contributed by atoms with Crippen molar-refractivity contribution in [3.8, 4) is 0 Å². The average molecular weight is 265 g/mol. The molecule has 4 nitrogen and oxygen atoms in total. The molecular formula is C15H27N3O. The number of anilines is 1. The molecule has 0 atom stereocenters. The van der Waals surface area contributed by atoms with E-state index in [-0.39, 0.29) is 0 Å². The molecule has 0 aliphatic heterocycles. The van der Waals surface area contributed by atoms with Crippen molar-refractivity contribution in [1.29, 1.82) is 0 Å². The summed E-state index contributed by atoms with van der Waals surface area (Å²) in [6.45, 7) is 11.6. The summed E-state index contributed by atoms with van der Waals surface area (Å²) in [6, 6.07) is 6.22. The van der Waals surface area contributed by atoms with Gasteiger partial charge in [-0.15, -0.1) is 0 Å². The van der Waals surface area contributed by atoms with Crippen LogP contribution < -0.4 is 10.2 Å². The number of pyridine rings is 1. The molecule has 0 aromatic carbocycles. The fraction of sp³-hybridized carbons (Fsp3) is 0.667. The average Bonchev–Trinajstić information content (AvgIpc) is 2.44. The molecule has 0 unspecified atom stereocenters. The normalized spacial score (nSPS) is 10.7. The number of nitrogens with one attached hydrogen (secondary N) is 1. The van der Waals surface area contributed by atoms with Crippen LogP contribution in [0.25, 0.3) is 0 Å². The lowest BCUT2D eigenvalue weighted by atomic mass is 10.3. The van der Waals surface area contributed by atoms with Crippen molar-refractivity contribution in [3.05, 3.63) is 23.9 Å². The lowest BCUT2D eigenvalue weighted by Gasteiger charge is -2.22. The van der Waals surface area contributed by atoms with Crippen LogP contribution in [0.2, 0.25) is 0 Å². The summed E-state index contributed by atoms with van der Waals surface area (Å²) >= 11 is 0. The van der Waals surface area contributed by atoms with Gasteiger partial charge in [-0.3, -0.25) is 0 Å². The second-order valence-electron chi connectivity index (χ2n) is 4.44. The van der Waals surface area contributed by atoms with Gasteiger partial charge >= 0.3 is 0 Å². The summed E-state index contributed by atoms with van der Waals surface area (Å²) in [5, 5.41) is 3.38. The third kappa shape index (κ3) is 6.03. The first-order chi connectivity index (χ1) is 9.31. The molecule has 0 aliphatic carbocycles. The maximum absolute atomic E-state index is 5.42.